The van der Waals surface area contributed by atoms with Gasteiger partial charge in [-0.3, -0.25) is 0 Å². The van der Waals surface area contributed by atoms with Crippen LogP contribution in [0.2, 0.25) is 0 Å². The van der Waals surface area contributed by atoms with E-state index in [0.29, 0.717) is 32.8 Å². The second kappa shape index (κ2) is 13.5. The number of piperidine rings is 1. The van der Waals surface area contributed by atoms with Gasteiger partial charge in [0, 0.05) is 31.2 Å². The summed E-state index contributed by atoms with van der Waals surface area (Å²) in [5.41, 5.74) is 1.06. The molecule has 0 spiro atoms. The van der Waals surface area contributed by atoms with Gasteiger partial charge < -0.3 is 25.0 Å². The highest BCUT2D eigenvalue weighted by Gasteiger charge is 2.24. The number of likely N-dealkylation sites (tertiary alicyclic amines) is 1. The van der Waals surface area contributed by atoms with Crippen molar-refractivity contribution in [1.82, 2.24) is 15.5 Å². The molecular weight excluding hydrogens is 471 g/mol. The molecule has 1 aromatic carbocycles. The van der Waals surface area contributed by atoms with Gasteiger partial charge in [0.05, 0.1) is 19.8 Å². The van der Waals surface area contributed by atoms with Crippen LogP contribution in [0.5, 0.6) is 5.75 Å². The maximum Gasteiger partial charge on any atom is 0.409 e. The van der Waals surface area contributed by atoms with Crippen LogP contribution in [0.4, 0.5) is 4.79 Å². The lowest BCUT2D eigenvalue weighted by atomic mass is 10.1. The Morgan fingerprint density at radius 3 is 2.54 bits per heavy atom. The molecule has 1 aliphatic heterocycles. The van der Waals surface area contributed by atoms with Crippen molar-refractivity contribution in [3.05, 3.63) is 29.8 Å². The van der Waals surface area contributed by atoms with Crippen molar-refractivity contribution in [2.45, 2.75) is 46.2 Å². The van der Waals surface area contributed by atoms with Crippen LogP contribution >= 0.6 is 24.0 Å². The Kier molecular flexibility index (Phi) is 11.7. The summed E-state index contributed by atoms with van der Waals surface area (Å²) in [6, 6.07) is 8.27. The van der Waals surface area contributed by atoms with E-state index in [1.54, 1.807) is 4.90 Å². The third-order valence-electron chi connectivity index (χ3n) is 4.39. The van der Waals surface area contributed by atoms with Gasteiger partial charge in [0.1, 0.15) is 5.75 Å². The van der Waals surface area contributed by atoms with E-state index in [1.165, 1.54) is 0 Å². The minimum Gasteiger partial charge on any atom is -0.494 e. The van der Waals surface area contributed by atoms with Gasteiger partial charge in [-0.05, 0) is 39.7 Å². The summed E-state index contributed by atoms with van der Waals surface area (Å²) < 4.78 is 10.7. The number of para-hydroxylation sites is 1. The molecule has 1 amide bonds. The number of rotatable bonds is 7. The average Bonchev–Trinajstić information content (AvgIpc) is 2.68. The number of ether oxygens (including phenoxy) is 2. The largest absolute Gasteiger partial charge is 0.494 e. The number of aliphatic imine (C=N–C) groups is 1. The predicted molar refractivity (Wildman–Crippen MR) is 123 cm³/mol. The normalized spacial score (nSPS) is 14.8. The summed E-state index contributed by atoms with van der Waals surface area (Å²) in [6.07, 6.45) is 1.53. The summed E-state index contributed by atoms with van der Waals surface area (Å²) in [5, 5.41) is 6.79. The Bertz CT molecular complexity index is 619. The van der Waals surface area contributed by atoms with Gasteiger partial charge in [0.15, 0.2) is 5.96 Å². The Hall–Kier alpha value is -1.71. The van der Waals surface area contributed by atoms with Crippen molar-refractivity contribution < 1.29 is 14.3 Å². The summed E-state index contributed by atoms with van der Waals surface area (Å²) in [7, 11) is 0. The second-order valence-corrected chi connectivity index (χ2v) is 6.34. The van der Waals surface area contributed by atoms with Gasteiger partial charge in [-0.1, -0.05) is 18.2 Å². The van der Waals surface area contributed by atoms with Crippen LogP contribution in [0, 0.1) is 0 Å². The van der Waals surface area contributed by atoms with E-state index < -0.39 is 0 Å². The Labute approximate surface area is 185 Å². The van der Waals surface area contributed by atoms with Gasteiger partial charge in [0.2, 0.25) is 0 Å². The number of carbonyl (C=O) groups excluding carboxylic acids is 1. The van der Waals surface area contributed by atoms with E-state index in [4.69, 9.17) is 14.5 Å². The number of carbonyl (C=O) groups is 1. The van der Waals surface area contributed by atoms with Crippen molar-refractivity contribution in [2.24, 2.45) is 4.99 Å². The standard InChI is InChI=1S/C20H32N4O3.HI/c1-4-21-19(22-15-16-9-7-8-10-18(16)26-5-2)23-17-11-13-24(14-12-17)20(25)27-6-3;/h7-10,17H,4-6,11-15H2,1-3H3,(H2,21,22,23);1H. The zero-order valence-corrected chi connectivity index (χ0v) is 19.4. The van der Waals surface area contributed by atoms with Crippen LogP contribution in [0.15, 0.2) is 29.3 Å². The number of hydrogen-bond acceptors (Lipinski definition) is 4. The summed E-state index contributed by atoms with van der Waals surface area (Å²) in [6.45, 7) is 9.65. The zero-order valence-electron chi connectivity index (χ0n) is 17.1. The van der Waals surface area contributed by atoms with Crippen molar-refractivity contribution in [1.29, 1.82) is 0 Å². The number of guanidine groups is 1. The van der Waals surface area contributed by atoms with Crippen molar-refractivity contribution in [2.75, 3.05) is 32.8 Å². The van der Waals surface area contributed by atoms with Crippen molar-refractivity contribution in [3.63, 3.8) is 0 Å². The maximum absolute atomic E-state index is 11.8. The fraction of sp³-hybridized carbons (Fsp3) is 0.600. The van der Waals surface area contributed by atoms with Crippen LogP contribution in [0.25, 0.3) is 0 Å². The fourth-order valence-corrected chi connectivity index (χ4v) is 3.03. The molecular formula is C20H33IN4O3. The first-order chi connectivity index (χ1) is 13.2. The van der Waals surface area contributed by atoms with E-state index in [9.17, 15) is 4.79 Å². The zero-order chi connectivity index (χ0) is 19.5. The third-order valence-corrected chi connectivity index (χ3v) is 4.39. The molecule has 7 nitrogen and oxygen atoms in total. The minimum absolute atomic E-state index is 0. The Balaban J connectivity index is 0.00000392. The fourth-order valence-electron chi connectivity index (χ4n) is 3.03. The van der Waals surface area contributed by atoms with Crippen LogP contribution in [0.1, 0.15) is 39.2 Å². The highest BCUT2D eigenvalue weighted by molar-refractivity contribution is 14.0. The monoisotopic (exact) mass is 504 g/mol. The minimum atomic E-state index is -0.218. The molecule has 0 bridgehead atoms. The van der Waals surface area contributed by atoms with E-state index >= 15 is 0 Å². The molecule has 0 unspecified atom stereocenters. The van der Waals surface area contributed by atoms with E-state index in [1.807, 2.05) is 38.1 Å². The molecule has 0 saturated carbocycles. The van der Waals surface area contributed by atoms with Gasteiger partial charge in [0.25, 0.3) is 0 Å². The average molecular weight is 504 g/mol. The number of benzene rings is 1. The second-order valence-electron chi connectivity index (χ2n) is 6.34. The molecule has 0 radical (unpaired) electrons. The molecule has 0 aromatic heterocycles. The molecule has 1 heterocycles. The van der Waals surface area contributed by atoms with Crippen LogP contribution in [-0.4, -0.2) is 55.8 Å². The molecule has 0 atom stereocenters. The van der Waals surface area contributed by atoms with Crippen LogP contribution in [-0.2, 0) is 11.3 Å². The molecule has 1 aliphatic rings. The summed E-state index contributed by atoms with van der Waals surface area (Å²) >= 11 is 0. The molecule has 1 aromatic rings. The first kappa shape index (κ1) is 24.3. The lowest BCUT2D eigenvalue weighted by Gasteiger charge is -2.32. The molecule has 0 aliphatic carbocycles. The molecule has 158 valence electrons. The first-order valence-corrected chi connectivity index (χ1v) is 9.85. The summed E-state index contributed by atoms with van der Waals surface area (Å²) in [4.78, 5) is 18.3. The number of nitrogens with one attached hydrogen (secondary N) is 2. The van der Waals surface area contributed by atoms with Crippen molar-refractivity contribution >= 4 is 36.0 Å². The molecule has 2 N–H and O–H groups in total. The smallest absolute Gasteiger partial charge is 0.409 e. The van der Waals surface area contributed by atoms with Gasteiger partial charge in [-0.2, -0.15) is 0 Å². The molecule has 2 rings (SSSR count). The van der Waals surface area contributed by atoms with Gasteiger partial charge in [-0.15, -0.1) is 24.0 Å². The quantitative estimate of drug-likeness (QED) is 0.339. The van der Waals surface area contributed by atoms with Crippen LogP contribution < -0.4 is 15.4 Å². The lowest BCUT2D eigenvalue weighted by molar-refractivity contribution is 0.0963. The number of halogens is 1. The molecule has 1 saturated heterocycles. The number of nitrogens with zero attached hydrogens (tertiary/aromatic N) is 2. The molecule has 1 fully saturated rings. The SMILES string of the molecule is CCNC(=NCc1ccccc1OCC)NC1CCN(C(=O)OCC)CC1.I. The molecule has 28 heavy (non-hydrogen) atoms. The Morgan fingerprint density at radius 1 is 1.18 bits per heavy atom. The number of hydrogen-bond donors (Lipinski definition) is 2. The predicted octanol–water partition coefficient (Wildman–Crippen LogP) is 3.38. The van der Waals surface area contributed by atoms with E-state index in [2.05, 4.69) is 17.6 Å². The first-order valence-electron chi connectivity index (χ1n) is 9.85. The lowest BCUT2D eigenvalue weighted by Crippen LogP contribution is -2.49. The van der Waals surface area contributed by atoms with Gasteiger partial charge >= 0.3 is 6.09 Å². The van der Waals surface area contributed by atoms with E-state index in [-0.39, 0.29) is 36.1 Å². The van der Waals surface area contributed by atoms with E-state index in [0.717, 1.165) is 36.7 Å². The Morgan fingerprint density at radius 2 is 1.89 bits per heavy atom. The third kappa shape index (κ3) is 7.73. The highest BCUT2D eigenvalue weighted by Crippen LogP contribution is 2.19. The highest BCUT2D eigenvalue weighted by atomic mass is 127. The van der Waals surface area contributed by atoms with Crippen LogP contribution in [0.3, 0.4) is 0 Å². The molecule has 8 heteroatoms. The van der Waals surface area contributed by atoms with Gasteiger partial charge in [-0.25, -0.2) is 9.79 Å². The maximum atomic E-state index is 11.8. The van der Waals surface area contributed by atoms with Crippen molar-refractivity contribution in [3.8, 4) is 5.75 Å². The summed E-state index contributed by atoms with van der Waals surface area (Å²) in [5.74, 6) is 1.67. The number of amides is 1. The topological polar surface area (TPSA) is 75.2 Å².